The first-order chi connectivity index (χ1) is 11.0. The fourth-order valence-corrected chi connectivity index (χ4v) is 3.04. The van der Waals surface area contributed by atoms with Crippen LogP contribution >= 0.6 is 0 Å². The highest BCUT2D eigenvalue weighted by Gasteiger charge is 2.34. The molecule has 23 heavy (non-hydrogen) atoms. The Bertz CT molecular complexity index is 867. The van der Waals surface area contributed by atoms with Gasteiger partial charge in [-0.1, -0.05) is 30.3 Å². The van der Waals surface area contributed by atoms with Crippen LogP contribution in [0.5, 0.6) is 0 Å². The molecule has 118 valence electrons. The van der Waals surface area contributed by atoms with Gasteiger partial charge in [-0.25, -0.2) is 9.31 Å². The number of hydrogen-bond donors (Lipinski definition) is 1. The van der Waals surface area contributed by atoms with Crippen molar-refractivity contribution in [3.05, 3.63) is 71.0 Å². The molecule has 0 spiro atoms. The maximum Gasteiger partial charge on any atom is 0.340 e. The lowest BCUT2D eigenvalue weighted by Crippen LogP contribution is -2.26. The third kappa shape index (κ3) is 2.29. The average Bonchev–Trinajstić information content (AvgIpc) is 2.87. The van der Waals surface area contributed by atoms with Gasteiger partial charge < -0.3 is 9.84 Å². The summed E-state index contributed by atoms with van der Waals surface area (Å²) in [6, 6.07) is 12.9. The van der Waals surface area contributed by atoms with Crippen LogP contribution in [0.1, 0.15) is 34.1 Å². The summed E-state index contributed by atoms with van der Waals surface area (Å²) in [5, 5.41) is 15.5. The Hall–Kier alpha value is -2.66. The number of aromatic nitrogens is 2. The van der Waals surface area contributed by atoms with E-state index in [-0.39, 0.29) is 0 Å². The van der Waals surface area contributed by atoms with Gasteiger partial charge in [-0.2, -0.15) is 5.10 Å². The molecular weight excluding hydrogens is 292 g/mol. The number of benzene rings is 1. The minimum atomic E-state index is -1.30. The molecule has 0 saturated carbocycles. The third-order valence-electron chi connectivity index (χ3n) is 4.14. The van der Waals surface area contributed by atoms with Crippen LogP contribution < -0.4 is 0 Å². The molecule has 1 atom stereocenters. The van der Waals surface area contributed by atoms with E-state index in [1.807, 2.05) is 30.3 Å². The maximum absolute atomic E-state index is 12.2. The van der Waals surface area contributed by atoms with Gasteiger partial charge in [0, 0.05) is 6.20 Å². The molecule has 0 amide bonds. The normalized spacial score (nSPS) is 13.7. The monoisotopic (exact) mass is 310 g/mol. The molecule has 5 heteroatoms. The van der Waals surface area contributed by atoms with E-state index in [9.17, 15) is 9.90 Å². The van der Waals surface area contributed by atoms with E-state index in [4.69, 9.17) is 4.74 Å². The second kappa shape index (κ2) is 5.52. The van der Waals surface area contributed by atoms with Gasteiger partial charge in [0.2, 0.25) is 0 Å². The van der Waals surface area contributed by atoms with E-state index in [1.165, 1.54) is 7.11 Å². The third-order valence-corrected chi connectivity index (χ3v) is 4.14. The van der Waals surface area contributed by atoms with Crippen LogP contribution in [0.4, 0.5) is 0 Å². The van der Waals surface area contributed by atoms with E-state index in [0.717, 1.165) is 5.56 Å². The molecule has 0 radical (unpaired) electrons. The lowest BCUT2D eigenvalue weighted by Gasteiger charge is -2.24. The molecular formula is C18H18N2O3. The number of carbonyl (C=O) groups is 1. The summed E-state index contributed by atoms with van der Waals surface area (Å²) in [4.78, 5) is 12.2. The fraction of sp³-hybridized carbons (Fsp3) is 0.222. The molecule has 2 heterocycles. The number of hydrogen-bond acceptors (Lipinski definition) is 4. The molecule has 1 unspecified atom stereocenters. The van der Waals surface area contributed by atoms with Crippen molar-refractivity contribution in [2.75, 3.05) is 7.11 Å². The minimum absolute atomic E-state index is 0.423. The molecule has 1 aromatic carbocycles. The summed E-state index contributed by atoms with van der Waals surface area (Å²) >= 11 is 0. The largest absolute Gasteiger partial charge is 0.465 e. The first-order valence-corrected chi connectivity index (χ1v) is 7.31. The summed E-state index contributed by atoms with van der Waals surface area (Å²) in [6.07, 6.45) is 1.62. The minimum Gasteiger partial charge on any atom is -0.465 e. The Morgan fingerprint density at radius 2 is 1.91 bits per heavy atom. The van der Waals surface area contributed by atoms with Gasteiger partial charge in [0.05, 0.1) is 23.9 Å². The number of fused-ring (bicyclic) bond motifs is 1. The molecule has 5 nitrogen and oxygen atoms in total. The maximum atomic E-state index is 12.2. The van der Waals surface area contributed by atoms with Gasteiger partial charge in [0.1, 0.15) is 5.60 Å². The van der Waals surface area contributed by atoms with Crippen LogP contribution in [0.25, 0.3) is 5.52 Å². The molecule has 0 aliphatic carbocycles. The van der Waals surface area contributed by atoms with Gasteiger partial charge >= 0.3 is 5.97 Å². The van der Waals surface area contributed by atoms with E-state index in [2.05, 4.69) is 5.10 Å². The van der Waals surface area contributed by atoms with E-state index >= 15 is 0 Å². The zero-order valence-corrected chi connectivity index (χ0v) is 13.3. The molecule has 3 aromatic rings. The summed E-state index contributed by atoms with van der Waals surface area (Å²) in [6.45, 7) is 3.50. The van der Waals surface area contributed by atoms with Crippen molar-refractivity contribution < 1.29 is 14.6 Å². The molecule has 0 bridgehead atoms. The Morgan fingerprint density at radius 1 is 1.22 bits per heavy atom. The van der Waals surface area contributed by atoms with Crippen LogP contribution in [-0.2, 0) is 10.3 Å². The summed E-state index contributed by atoms with van der Waals surface area (Å²) in [5.74, 6) is -0.442. The molecule has 0 fully saturated rings. The van der Waals surface area contributed by atoms with Gasteiger partial charge in [0.25, 0.3) is 0 Å². The van der Waals surface area contributed by atoms with Gasteiger partial charge in [-0.15, -0.1) is 0 Å². The number of rotatable bonds is 3. The topological polar surface area (TPSA) is 63.8 Å². The number of nitrogens with zero attached hydrogens (tertiary/aromatic N) is 2. The van der Waals surface area contributed by atoms with Crippen LogP contribution in [0, 0.1) is 6.92 Å². The molecule has 0 aliphatic heterocycles. The smallest absolute Gasteiger partial charge is 0.340 e. The zero-order chi connectivity index (χ0) is 16.6. The van der Waals surface area contributed by atoms with Crippen molar-refractivity contribution in [2.45, 2.75) is 19.4 Å². The first kappa shape index (κ1) is 15.2. The average molecular weight is 310 g/mol. The first-order valence-electron chi connectivity index (χ1n) is 7.31. The molecule has 1 N–H and O–H groups in total. The number of aliphatic hydroxyl groups is 1. The van der Waals surface area contributed by atoms with Crippen molar-refractivity contribution in [1.29, 1.82) is 0 Å². The van der Waals surface area contributed by atoms with Gasteiger partial charge in [0.15, 0.2) is 0 Å². The quantitative estimate of drug-likeness (QED) is 0.756. The predicted octanol–water partition coefficient (Wildman–Crippen LogP) is 2.69. The highest BCUT2D eigenvalue weighted by atomic mass is 16.5. The van der Waals surface area contributed by atoms with Crippen molar-refractivity contribution in [2.24, 2.45) is 0 Å². The molecule has 0 aliphatic rings. The van der Waals surface area contributed by atoms with Crippen LogP contribution in [0.2, 0.25) is 0 Å². The van der Waals surface area contributed by atoms with Crippen molar-refractivity contribution in [1.82, 2.24) is 9.61 Å². The molecule has 0 saturated heterocycles. The van der Waals surface area contributed by atoms with Crippen molar-refractivity contribution in [3.63, 3.8) is 0 Å². The number of carbonyl (C=O) groups excluding carboxylic acids is 1. The summed E-state index contributed by atoms with van der Waals surface area (Å²) in [5.41, 5.74) is 1.68. The van der Waals surface area contributed by atoms with E-state index < -0.39 is 11.6 Å². The second-order valence-corrected chi connectivity index (χ2v) is 5.60. The Morgan fingerprint density at radius 3 is 2.57 bits per heavy atom. The van der Waals surface area contributed by atoms with Crippen LogP contribution in [-0.4, -0.2) is 27.8 Å². The summed E-state index contributed by atoms with van der Waals surface area (Å²) < 4.78 is 6.50. The van der Waals surface area contributed by atoms with E-state index in [1.54, 1.807) is 36.7 Å². The zero-order valence-electron chi connectivity index (χ0n) is 13.3. The second-order valence-electron chi connectivity index (χ2n) is 5.60. The highest BCUT2D eigenvalue weighted by molar-refractivity contribution is 5.99. The summed E-state index contributed by atoms with van der Waals surface area (Å²) in [7, 11) is 1.34. The van der Waals surface area contributed by atoms with Crippen molar-refractivity contribution in [3.8, 4) is 0 Å². The SMILES string of the molecule is COC(=O)c1c(C)c(C(C)(O)c2ccccc2)n2ncccc12. The molecule has 3 rings (SSSR count). The standard InChI is InChI=1S/C18H18N2O3/c1-12-15(17(21)23-3)14-10-7-11-19-20(14)16(12)18(2,22)13-8-5-4-6-9-13/h4-11,22H,1-3H3. The lowest BCUT2D eigenvalue weighted by molar-refractivity contribution is 0.0602. The number of esters is 1. The fourth-order valence-electron chi connectivity index (χ4n) is 3.04. The Balaban J connectivity index is 2.34. The van der Waals surface area contributed by atoms with E-state index in [0.29, 0.717) is 22.3 Å². The predicted molar refractivity (Wildman–Crippen MR) is 86.4 cm³/mol. The Labute approximate surface area is 134 Å². The van der Waals surface area contributed by atoms with Crippen LogP contribution in [0.3, 0.4) is 0 Å². The lowest BCUT2D eigenvalue weighted by atomic mass is 9.90. The highest BCUT2D eigenvalue weighted by Crippen LogP contribution is 2.35. The number of ether oxygens (including phenoxy) is 1. The van der Waals surface area contributed by atoms with Gasteiger partial charge in [-0.3, -0.25) is 0 Å². The van der Waals surface area contributed by atoms with Gasteiger partial charge in [-0.05, 0) is 37.1 Å². The molecule has 2 aromatic heterocycles. The van der Waals surface area contributed by atoms with Crippen LogP contribution in [0.15, 0.2) is 48.7 Å². The Kier molecular flexibility index (Phi) is 3.66. The van der Waals surface area contributed by atoms with Crippen molar-refractivity contribution >= 4 is 11.5 Å². The number of methoxy groups -OCH3 is 1.